The summed E-state index contributed by atoms with van der Waals surface area (Å²) in [5.41, 5.74) is -0.849. The van der Waals surface area contributed by atoms with E-state index in [0.717, 1.165) is 86.9 Å². The number of hydrogen-bond donors (Lipinski definition) is 0. The van der Waals surface area contributed by atoms with Gasteiger partial charge in [0.1, 0.15) is 28.7 Å². The lowest BCUT2D eigenvalue weighted by atomic mass is 10.0. The zero-order valence-electron chi connectivity index (χ0n) is 22.2. The van der Waals surface area contributed by atoms with Gasteiger partial charge < -0.3 is 9.47 Å². The second-order valence-electron chi connectivity index (χ2n) is 9.61. The summed E-state index contributed by atoms with van der Waals surface area (Å²) in [6.07, 6.45) is -0.105. The second-order valence-corrected chi connectivity index (χ2v) is 9.61. The minimum absolute atomic E-state index is 0.0479. The normalized spacial score (nSPS) is 12.0. The van der Waals surface area contributed by atoms with Crippen molar-refractivity contribution in [1.29, 1.82) is 0 Å². The van der Waals surface area contributed by atoms with Crippen molar-refractivity contribution in [2.75, 3.05) is 0 Å². The Balaban J connectivity index is 1.65. The van der Waals surface area contributed by atoms with Gasteiger partial charge in [-0.1, -0.05) is 58.1 Å². The number of benzene rings is 3. The molecule has 0 aliphatic rings. The van der Waals surface area contributed by atoms with E-state index in [2.05, 4.69) is 11.7 Å². The minimum Gasteiger partial charge on any atom is -0.429 e. The van der Waals surface area contributed by atoms with Crippen molar-refractivity contribution in [3.05, 3.63) is 94.6 Å². The molecule has 3 rings (SSSR count). The van der Waals surface area contributed by atoms with E-state index in [1.807, 2.05) is 6.92 Å². The number of ether oxygens (including phenoxy) is 2. The van der Waals surface area contributed by atoms with Crippen molar-refractivity contribution in [2.45, 2.75) is 83.9 Å². The predicted octanol–water partition coefficient (Wildman–Crippen LogP) is 10.1. The van der Waals surface area contributed by atoms with Crippen molar-refractivity contribution in [2.24, 2.45) is 0 Å². The molecule has 0 radical (unpaired) electrons. The molecule has 8 heteroatoms. The zero-order valence-corrected chi connectivity index (χ0v) is 22.2. The number of hydrogen-bond acceptors (Lipinski definition) is 2. The summed E-state index contributed by atoms with van der Waals surface area (Å²) in [5.74, 6) is -3.46. The largest absolute Gasteiger partial charge is 0.432 e. The van der Waals surface area contributed by atoms with E-state index in [1.54, 1.807) is 12.1 Å². The van der Waals surface area contributed by atoms with Crippen LogP contribution in [0.1, 0.15) is 81.0 Å². The monoisotopic (exact) mass is 552 g/mol. The molecule has 0 unspecified atom stereocenters. The van der Waals surface area contributed by atoms with Gasteiger partial charge in [0, 0.05) is 0 Å². The molecule has 0 heterocycles. The van der Waals surface area contributed by atoms with Crippen molar-refractivity contribution in [3.8, 4) is 11.5 Å². The summed E-state index contributed by atoms with van der Waals surface area (Å²) in [6.45, 7) is 4.09. The first-order valence-electron chi connectivity index (χ1n) is 13.4. The van der Waals surface area contributed by atoms with Crippen molar-refractivity contribution >= 4 is 0 Å². The molecule has 0 spiro atoms. The van der Waals surface area contributed by atoms with Gasteiger partial charge in [0.25, 0.3) is 0 Å². The molecule has 0 saturated heterocycles. The average molecular weight is 553 g/mol. The fourth-order valence-electron chi connectivity index (χ4n) is 4.23. The maximum Gasteiger partial charge on any atom is 0.432 e. The highest BCUT2D eigenvalue weighted by Crippen LogP contribution is 2.37. The molecule has 212 valence electrons. The summed E-state index contributed by atoms with van der Waals surface area (Å²) in [6, 6.07) is 11.6. The van der Waals surface area contributed by atoms with Crippen LogP contribution >= 0.6 is 0 Å². The van der Waals surface area contributed by atoms with Crippen LogP contribution in [0, 0.1) is 11.6 Å². The molecule has 3 aromatic carbocycles. The maximum atomic E-state index is 14.7. The molecule has 0 fully saturated rings. The Labute approximate surface area is 226 Å². The highest BCUT2D eigenvalue weighted by Gasteiger charge is 2.41. The van der Waals surface area contributed by atoms with Gasteiger partial charge in [-0.25, -0.2) is 8.78 Å². The van der Waals surface area contributed by atoms with Crippen LogP contribution in [0.3, 0.4) is 0 Å². The Hall–Kier alpha value is -3.16. The molecule has 3 aromatic rings. The van der Waals surface area contributed by atoms with E-state index in [1.165, 1.54) is 12.1 Å². The van der Waals surface area contributed by atoms with Gasteiger partial charge in [0.05, 0.1) is 5.56 Å². The number of rotatable bonds is 15. The molecule has 0 aliphatic carbocycles. The maximum absolute atomic E-state index is 14.7. The Bertz CT molecular complexity index is 1150. The average Bonchev–Trinajstić information content (AvgIpc) is 2.87. The molecular formula is C31H34F6O2. The van der Waals surface area contributed by atoms with Gasteiger partial charge in [0.15, 0.2) is 0 Å². The number of alkyl halides is 4. The quantitative estimate of drug-likeness (QED) is 0.138. The van der Waals surface area contributed by atoms with E-state index in [9.17, 15) is 26.3 Å². The Morgan fingerprint density at radius 3 is 1.59 bits per heavy atom. The molecule has 0 atom stereocenters. The zero-order chi connectivity index (χ0) is 28.5. The fourth-order valence-corrected chi connectivity index (χ4v) is 4.23. The second kappa shape index (κ2) is 13.8. The van der Waals surface area contributed by atoms with Crippen LogP contribution in [0.2, 0.25) is 0 Å². The van der Waals surface area contributed by atoms with Crippen molar-refractivity contribution in [1.82, 2.24) is 0 Å². The third-order valence-corrected chi connectivity index (χ3v) is 6.39. The number of unbranched alkanes of at least 4 members (excludes halogenated alkanes) is 5. The Morgan fingerprint density at radius 1 is 0.564 bits per heavy atom. The van der Waals surface area contributed by atoms with Gasteiger partial charge in [0.2, 0.25) is 0 Å². The summed E-state index contributed by atoms with van der Waals surface area (Å²) < 4.78 is 97.1. The Morgan fingerprint density at radius 2 is 1.03 bits per heavy atom. The molecule has 0 N–H and O–H groups in total. The van der Waals surface area contributed by atoms with Crippen LogP contribution in [-0.2, 0) is 25.1 Å². The number of aryl methyl sites for hydroxylation is 2. The van der Waals surface area contributed by atoms with Crippen LogP contribution < -0.4 is 9.47 Å². The van der Waals surface area contributed by atoms with Crippen LogP contribution in [0.25, 0.3) is 0 Å². The summed E-state index contributed by atoms with van der Waals surface area (Å²) >= 11 is 0. The highest BCUT2D eigenvalue weighted by molar-refractivity contribution is 5.34. The lowest BCUT2D eigenvalue weighted by Gasteiger charge is -2.21. The van der Waals surface area contributed by atoms with Gasteiger partial charge in [-0.15, -0.1) is 0 Å². The van der Waals surface area contributed by atoms with E-state index in [-0.39, 0.29) is 11.3 Å². The first-order chi connectivity index (χ1) is 18.6. The molecule has 0 saturated carbocycles. The van der Waals surface area contributed by atoms with Gasteiger partial charge >= 0.3 is 12.2 Å². The number of halogens is 6. The van der Waals surface area contributed by atoms with Crippen LogP contribution in [0.4, 0.5) is 26.3 Å². The molecule has 0 aliphatic heterocycles. The summed E-state index contributed by atoms with van der Waals surface area (Å²) in [4.78, 5) is 0. The van der Waals surface area contributed by atoms with Gasteiger partial charge in [-0.2, -0.15) is 17.6 Å². The fraction of sp³-hybridized carbons (Fsp3) is 0.419. The molecule has 0 amide bonds. The first kappa shape index (κ1) is 30.4. The molecule has 0 aromatic heterocycles. The highest BCUT2D eigenvalue weighted by atomic mass is 19.3. The third kappa shape index (κ3) is 8.67. The molecule has 2 nitrogen and oxygen atoms in total. The van der Waals surface area contributed by atoms with Crippen LogP contribution in [0.5, 0.6) is 11.5 Å². The smallest absolute Gasteiger partial charge is 0.429 e. The third-order valence-electron chi connectivity index (χ3n) is 6.39. The standard InChI is InChI=1S/C31H34F6O2/c1-3-5-7-9-10-22-12-16-25(17-13-22)38-30(34,35)24-14-18-26(19-15-24)39-31(36,37)29-27(32)20-23(21-28(29)33)11-8-6-4-2/h12-21H,3-11H2,1-2H3. The molecule has 0 bridgehead atoms. The topological polar surface area (TPSA) is 18.5 Å². The van der Waals surface area contributed by atoms with Gasteiger partial charge in [-0.3, -0.25) is 0 Å². The summed E-state index contributed by atoms with van der Waals surface area (Å²) in [7, 11) is 0. The lowest BCUT2D eigenvalue weighted by molar-refractivity contribution is -0.190. The van der Waals surface area contributed by atoms with Crippen LogP contribution in [-0.4, -0.2) is 0 Å². The van der Waals surface area contributed by atoms with Crippen LogP contribution in [0.15, 0.2) is 60.7 Å². The minimum atomic E-state index is -4.37. The first-order valence-corrected chi connectivity index (χ1v) is 13.4. The van der Waals surface area contributed by atoms with E-state index in [4.69, 9.17) is 4.74 Å². The van der Waals surface area contributed by atoms with Crippen molar-refractivity contribution in [3.63, 3.8) is 0 Å². The summed E-state index contributed by atoms with van der Waals surface area (Å²) in [5, 5.41) is 0. The Kier molecular flexibility index (Phi) is 10.7. The van der Waals surface area contributed by atoms with E-state index in [0.29, 0.717) is 12.8 Å². The van der Waals surface area contributed by atoms with Gasteiger partial charge in [-0.05, 0) is 85.3 Å². The predicted molar refractivity (Wildman–Crippen MR) is 139 cm³/mol. The lowest BCUT2D eigenvalue weighted by Crippen LogP contribution is -2.25. The van der Waals surface area contributed by atoms with Crippen molar-refractivity contribution < 1.29 is 35.8 Å². The SMILES string of the molecule is CCCCCCc1ccc(OC(F)(F)c2ccc(OC(F)(F)c3c(F)cc(CCCCC)cc3F)cc2)cc1. The van der Waals surface area contributed by atoms with E-state index >= 15 is 0 Å². The van der Waals surface area contributed by atoms with E-state index < -0.39 is 40.7 Å². The molecule has 39 heavy (non-hydrogen) atoms. The molecular weight excluding hydrogens is 518 g/mol.